The van der Waals surface area contributed by atoms with E-state index >= 15 is 0 Å². The Morgan fingerprint density at radius 3 is 2.88 bits per heavy atom. The third kappa shape index (κ3) is 2.63. The highest BCUT2D eigenvalue weighted by atomic mass is 16.4. The van der Waals surface area contributed by atoms with Crippen LogP contribution in [0.25, 0.3) is 11.1 Å². The van der Waals surface area contributed by atoms with Gasteiger partial charge >= 0.3 is 5.97 Å². The fourth-order valence-electron chi connectivity index (χ4n) is 1.60. The van der Waals surface area contributed by atoms with Crippen molar-refractivity contribution in [3.05, 3.63) is 36.7 Å². The zero-order valence-electron chi connectivity index (χ0n) is 9.21. The Bertz CT molecular complexity index is 534. The number of hydrogen-bond donors (Lipinski definition) is 2. The van der Waals surface area contributed by atoms with Crippen molar-refractivity contribution in [2.75, 3.05) is 5.73 Å². The molecular formula is C12H13N3O2. The second kappa shape index (κ2) is 4.69. The molecule has 0 aliphatic carbocycles. The van der Waals surface area contributed by atoms with E-state index in [-0.39, 0.29) is 6.42 Å². The molecule has 0 aliphatic rings. The number of benzene rings is 1. The van der Waals surface area contributed by atoms with Crippen LogP contribution in [0.4, 0.5) is 5.69 Å². The molecule has 1 heterocycles. The van der Waals surface area contributed by atoms with Crippen molar-refractivity contribution in [1.82, 2.24) is 9.78 Å². The van der Waals surface area contributed by atoms with E-state index in [9.17, 15) is 4.79 Å². The molecule has 0 atom stereocenters. The van der Waals surface area contributed by atoms with Gasteiger partial charge in [-0.1, -0.05) is 18.2 Å². The topological polar surface area (TPSA) is 81.1 Å². The molecule has 2 rings (SSSR count). The second-order valence-electron chi connectivity index (χ2n) is 3.72. The van der Waals surface area contributed by atoms with Crippen LogP contribution in [0.1, 0.15) is 6.42 Å². The number of aliphatic carboxylic acids is 1. The van der Waals surface area contributed by atoms with Crippen LogP contribution in [-0.4, -0.2) is 20.9 Å². The minimum absolute atomic E-state index is 0.0609. The summed E-state index contributed by atoms with van der Waals surface area (Å²) in [4.78, 5) is 10.4. The first kappa shape index (κ1) is 11.2. The molecule has 0 fully saturated rings. The molecule has 0 bridgehead atoms. The largest absolute Gasteiger partial charge is 0.481 e. The average molecular weight is 231 g/mol. The molecule has 5 heteroatoms. The number of carboxylic acid groups (broad SMARTS) is 1. The lowest BCUT2D eigenvalue weighted by atomic mass is 10.1. The number of carboxylic acids is 1. The molecular weight excluding hydrogens is 218 g/mol. The molecule has 17 heavy (non-hydrogen) atoms. The first-order valence-electron chi connectivity index (χ1n) is 5.26. The maximum Gasteiger partial charge on any atom is 0.305 e. The van der Waals surface area contributed by atoms with Gasteiger partial charge in [-0.15, -0.1) is 0 Å². The van der Waals surface area contributed by atoms with Gasteiger partial charge in [-0.3, -0.25) is 9.48 Å². The number of aromatic nitrogens is 2. The predicted octanol–water partition coefficient (Wildman–Crippen LogP) is 1.61. The van der Waals surface area contributed by atoms with Crippen molar-refractivity contribution in [2.45, 2.75) is 13.0 Å². The number of hydrogen-bond acceptors (Lipinski definition) is 3. The number of anilines is 1. The highest BCUT2D eigenvalue weighted by Crippen LogP contribution is 2.24. The van der Waals surface area contributed by atoms with Crippen LogP contribution < -0.4 is 5.73 Å². The molecule has 1 aromatic carbocycles. The predicted molar refractivity (Wildman–Crippen MR) is 64.3 cm³/mol. The number of carbonyl (C=O) groups is 1. The molecule has 0 amide bonds. The van der Waals surface area contributed by atoms with Crippen LogP contribution in [-0.2, 0) is 11.3 Å². The van der Waals surface area contributed by atoms with Gasteiger partial charge in [0.1, 0.15) is 0 Å². The van der Waals surface area contributed by atoms with Crippen molar-refractivity contribution in [2.24, 2.45) is 0 Å². The van der Waals surface area contributed by atoms with Crippen molar-refractivity contribution in [3.8, 4) is 11.1 Å². The summed E-state index contributed by atoms with van der Waals surface area (Å²) < 4.78 is 1.61. The molecule has 0 aliphatic heterocycles. The average Bonchev–Trinajstić information content (AvgIpc) is 2.75. The lowest BCUT2D eigenvalue weighted by molar-refractivity contribution is -0.137. The lowest BCUT2D eigenvalue weighted by Crippen LogP contribution is -2.04. The summed E-state index contributed by atoms with van der Waals surface area (Å²) in [6, 6.07) is 7.51. The van der Waals surface area contributed by atoms with E-state index in [1.807, 2.05) is 24.3 Å². The summed E-state index contributed by atoms with van der Waals surface area (Å²) in [6.45, 7) is 0.363. The van der Waals surface area contributed by atoms with Crippen LogP contribution in [0, 0.1) is 0 Å². The Kier molecular flexibility index (Phi) is 3.09. The third-order valence-electron chi connectivity index (χ3n) is 2.46. The summed E-state index contributed by atoms with van der Waals surface area (Å²) in [5.74, 6) is -0.832. The Morgan fingerprint density at radius 2 is 2.18 bits per heavy atom. The third-order valence-corrected chi connectivity index (χ3v) is 2.46. The standard InChI is InChI=1S/C12H13N3O2/c13-11-4-2-1-3-10(11)9-7-14-15(8-9)6-5-12(16)17/h1-4,7-8H,5-6,13H2,(H,16,17). The van der Waals surface area contributed by atoms with Gasteiger partial charge in [0.05, 0.1) is 19.2 Å². The highest BCUT2D eigenvalue weighted by molar-refractivity contribution is 5.75. The number of para-hydroxylation sites is 1. The molecule has 0 radical (unpaired) electrons. The lowest BCUT2D eigenvalue weighted by Gasteiger charge is -2.01. The number of nitrogen functional groups attached to an aromatic ring is 1. The normalized spacial score (nSPS) is 10.4. The fraction of sp³-hybridized carbons (Fsp3) is 0.167. The minimum atomic E-state index is -0.832. The van der Waals surface area contributed by atoms with Crippen LogP contribution in [0.5, 0.6) is 0 Å². The molecule has 1 aromatic heterocycles. The van der Waals surface area contributed by atoms with E-state index in [2.05, 4.69) is 5.10 Å². The van der Waals surface area contributed by atoms with Crippen molar-refractivity contribution in [1.29, 1.82) is 0 Å². The van der Waals surface area contributed by atoms with E-state index in [0.717, 1.165) is 11.1 Å². The quantitative estimate of drug-likeness (QED) is 0.783. The van der Waals surface area contributed by atoms with Crippen molar-refractivity contribution >= 4 is 11.7 Å². The van der Waals surface area contributed by atoms with Crippen LogP contribution in [0.2, 0.25) is 0 Å². The number of nitrogens with zero attached hydrogens (tertiary/aromatic N) is 2. The first-order chi connectivity index (χ1) is 8.16. The van der Waals surface area contributed by atoms with Gasteiger partial charge in [0.25, 0.3) is 0 Å². The second-order valence-corrected chi connectivity index (χ2v) is 3.72. The van der Waals surface area contributed by atoms with Crippen LogP contribution >= 0.6 is 0 Å². The zero-order valence-corrected chi connectivity index (χ0v) is 9.21. The van der Waals surface area contributed by atoms with E-state index in [1.54, 1.807) is 17.1 Å². The zero-order chi connectivity index (χ0) is 12.3. The summed E-state index contributed by atoms with van der Waals surface area (Å²) in [7, 11) is 0. The summed E-state index contributed by atoms with van der Waals surface area (Å²) >= 11 is 0. The van der Waals surface area contributed by atoms with E-state index in [0.29, 0.717) is 12.2 Å². The van der Waals surface area contributed by atoms with Gasteiger partial charge in [0.15, 0.2) is 0 Å². The fourth-order valence-corrected chi connectivity index (χ4v) is 1.60. The molecule has 88 valence electrons. The van der Waals surface area contributed by atoms with Gasteiger partial charge in [-0.05, 0) is 6.07 Å². The van der Waals surface area contributed by atoms with E-state index in [1.165, 1.54) is 0 Å². The van der Waals surface area contributed by atoms with Crippen molar-refractivity contribution < 1.29 is 9.90 Å². The molecule has 5 nitrogen and oxygen atoms in total. The molecule has 0 saturated carbocycles. The van der Waals surface area contributed by atoms with Gasteiger partial charge in [-0.25, -0.2) is 0 Å². The summed E-state index contributed by atoms with van der Waals surface area (Å²) in [5, 5.41) is 12.7. The smallest absolute Gasteiger partial charge is 0.305 e. The number of rotatable bonds is 4. The van der Waals surface area contributed by atoms with Crippen molar-refractivity contribution in [3.63, 3.8) is 0 Å². The first-order valence-corrected chi connectivity index (χ1v) is 5.26. The molecule has 3 N–H and O–H groups in total. The van der Waals surface area contributed by atoms with E-state index in [4.69, 9.17) is 10.8 Å². The number of nitrogens with two attached hydrogens (primary N) is 1. The molecule has 0 saturated heterocycles. The Balaban J connectivity index is 2.18. The Labute approximate surface area is 98.5 Å². The summed E-state index contributed by atoms with van der Waals surface area (Å²) in [6.07, 6.45) is 3.55. The van der Waals surface area contributed by atoms with Gasteiger partial charge in [-0.2, -0.15) is 5.10 Å². The monoisotopic (exact) mass is 231 g/mol. The molecule has 0 spiro atoms. The van der Waals surface area contributed by atoms with Gasteiger partial charge < -0.3 is 10.8 Å². The van der Waals surface area contributed by atoms with Gasteiger partial charge in [0.2, 0.25) is 0 Å². The Morgan fingerprint density at radius 1 is 1.41 bits per heavy atom. The van der Waals surface area contributed by atoms with Crippen LogP contribution in [0.3, 0.4) is 0 Å². The molecule has 2 aromatic rings. The SMILES string of the molecule is Nc1ccccc1-c1cnn(CCC(=O)O)c1. The van der Waals surface area contributed by atoms with E-state index < -0.39 is 5.97 Å². The molecule has 0 unspecified atom stereocenters. The number of aryl methyl sites for hydroxylation is 1. The maximum absolute atomic E-state index is 10.4. The van der Waals surface area contributed by atoms with Gasteiger partial charge in [0, 0.05) is 23.0 Å². The highest BCUT2D eigenvalue weighted by Gasteiger charge is 2.05. The maximum atomic E-state index is 10.4. The minimum Gasteiger partial charge on any atom is -0.481 e. The summed E-state index contributed by atoms with van der Waals surface area (Å²) in [5.41, 5.74) is 8.35. The Hall–Kier alpha value is -2.30. The van der Waals surface area contributed by atoms with Crippen LogP contribution in [0.15, 0.2) is 36.7 Å².